The van der Waals surface area contributed by atoms with Gasteiger partial charge in [-0.15, -0.1) is 0 Å². The molecule has 0 unspecified atom stereocenters. The maximum atomic E-state index is 8.38. The summed E-state index contributed by atoms with van der Waals surface area (Å²) in [6.45, 7) is 5.81. The van der Waals surface area contributed by atoms with Crippen LogP contribution in [0.15, 0.2) is 12.4 Å². The van der Waals surface area contributed by atoms with Gasteiger partial charge in [0.25, 0.3) is 0 Å². The highest BCUT2D eigenvalue weighted by Crippen LogP contribution is 2.10. The van der Waals surface area contributed by atoms with Crippen LogP contribution in [0, 0.1) is 0 Å². The second-order valence-electron chi connectivity index (χ2n) is 2.61. The Balaban J connectivity index is 2.71. The van der Waals surface area contributed by atoms with Crippen LogP contribution >= 0.6 is 0 Å². The van der Waals surface area contributed by atoms with Crippen molar-refractivity contribution in [1.29, 1.82) is 0 Å². The van der Waals surface area contributed by atoms with E-state index in [-0.39, 0.29) is 0 Å². The molecule has 1 rings (SSSR count). The van der Waals surface area contributed by atoms with Crippen LogP contribution in [0.2, 0.25) is 0 Å². The zero-order chi connectivity index (χ0) is 10.4. The van der Waals surface area contributed by atoms with Crippen LogP contribution in [0.5, 0.6) is 5.75 Å². The second kappa shape index (κ2) is 5.44. The lowest BCUT2D eigenvalue weighted by Crippen LogP contribution is -2.24. The predicted molar refractivity (Wildman–Crippen MR) is 54.2 cm³/mol. The minimum absolute atomic E-state index is 0.420. The van der Waals surface area contributed by atoms with Gasteiger partial charge >= 0.3 is 7.69 Å². The molecule has 0 fully saturated rings. The fourth-order valence-corrected chi connectivity index (χ4v) is 1.10. The first-order valence-electron chi connectivity index (χ1n) is 4.51. The van der Waals surface area contributed by atoms with E-state index in [1.165, 1.54) is 12.4 Å². The number of rotatable bonds is 5. The summed E-state index contributed by atoms with van der Waals surface area (Å²) in [5.41, 5.74) is 0. The maximum absolute atomic E-state index is 8.38. The normalized spacial score (nSPS) is 9.64. The molecule has 0 bridgehead atoms. The van der Waals surface area contributed by atoms with E-state index in [2.05, 4.69) is 9.97 Å². The summed E-state index contributed by atoms with van der Waals surface area (Å²) < 4.78 is 4.69. The quantitative estimate of drug-likeness (QED) is 0.679. The van der Waals surface area contributed by atoms with Crippen molar-refractivity contribution in [3.05, 3.63) is 12.4 Å². The monoisotopic (exact) mass is 194 g/mol. The highest BCUT2D eigenvalue weighted by Gasteiger charge is 2.04. The number of aromatic nitrogens is 2. The lowest BCUT2D eigenvalue weighted by atomic mass is 10.4. The Labute approximate surface area is 84.1 Å². The smallest absolute Gasteiger partial charge is 0.535 e. The van der Waals surface area contributed by atoms with Gasteiger partial charge in [0.2, 0.25) is 5.95 Å². The summed E-state index contributed by atoms with van der Waals surface area (Å²) in [6, 6.07) is 0. The largest absolute Gasteiger partial charge is 0.569 e. The van der Waals surface area contributed by atoms with Crippen LogP contribution in [0.25, 0.3) is 0 Å². The van der Waals surface area contributed by atoms with Crippen LogP contribution in [-0.4, -0.2) is 35.8 Å². The van der Waals surface area contributed by atoms with Crippen LogP contribution in [0.4, 0.5) is 5.95 Å². The fraction of sp³-hybridized carbons (Fsp3) is 0.500. The van der Waals surface area contributed by atoms with E-state index in [9.17, 15) is 0 Å². The number of anilines is 1. The van der Waals surface area contributed by atoms with Gasteiger partial charge in [-0.25, -0.2) is 9.97 Å². The van der Waals surface area contributed by atoms with Gasteiger partial charge in [0.05, 0.1) is 12.4 Å². The molecular weight excluding hydrogens is 181 g/mol. The molecule has 0 aliphatic carbocycles. The van der Waals surface area contributed by atoms with E-state index in [1.807, 2.05) is 18.7 Å². The van der Waals surface area contributed by atoms with Crippen LogP contribution < -0.4 is 9.55 Å². The molecule has 75 valence electrons. The van der Waals surface area contributed by atoms with Crippen molar-refractivity contribution in [3.63, 3.8) is 0 Å². The Morgan fingerprint density at radius 2 is 1.93 bits per heavy atom. The molecule has 1 aromatic heterocycles. The first-order valence-corrected chi connectivity index (χ1v) is 4.51. The summed E-state index contributed by atoms with van der Waals surface area (Å²) >= 11 is 0. The third kappa shape index (κ3) is 2.60. The highest BCUT2D eigenvalue weighted by atomic mass is 16.5. The summed E-state index contributed by atoms with van der Waals surface area (Å²) in [5, 5.41) is 8.38. The van der Waals surface area contributed by atoms with Gasteiger partial charge in [0.15, 0.2) is 0 Å². The van der Waals surface area contributed by atoms with Crippen LogP contribution in [-0.2, 0) is 0 Å². The molecule has 0 atom stereocenters. The van der Waals surface area contributed by atoms with Gasteiger partial charge in [-0.05, 0) is 13.8 Å². The van der Waals surface area contributed by atoms with Crippen LogP contribution in [0.3, 0.4) is 0 Å². The van der Waals surface area contributed by atoms with Crippen LogP contribution in [0.1, 0.15) is 13.8 Å². The van der Waals surface area contributed by atoms with Gasteiger partial charge in [0, 0.05) is 13.1 Å². The van der Waals surface area contributed by atoms with Crippen molar-refractivity contribution >= 4 is 13.6 Å². The van der Waals surface area contributed by atoms with Crippen molar-refractivity contribution < 1.29 is 9.68 Å². The maximum Gasteiger partial charge on any atom is 0.569 e. The topological polar surface area (TPSA) is 58.5 Å². The zero-order valence-corrected chi connectivity index (χ0v) is 8.34. The SMILES string of the molecule is CCN(CC)c1ncc(O[B]O)cn1. The molecular formula is C8H13BN3O2. The zero-order valence-electron chi connectivity index (χ0n) is 8.34. The van der Waals surface area contributed by atoms with Gasteiger partial charge in [-0.1, -0.05) is 0 Å². The van der Waals surface area contributed by atoms with Crippen molar-refractivity contribution in [2.24, 2.45) is 0 Å². The second-order valence-corrected chi connectivity index (χ2v) is 2.61. The molecule has 0 aromatic carbocycles. The Kier molecular flexibility index (Phi) is 4.19. The molecule has 1 heterocycles. The van der Waals surface area contributed by atoms with E-state index in [0.29, 0.717) is 19.4 Å². The highest BCUT2D eigenvalue weighted by molar-refractivity contribution is 6.17. The third-order valence-electron chi connectivity index (χ3n) is 1.85. The van der Waals surface area contributed by atoms with Crippen molar-refractivity contribution in [1.82, 2.24) is 9.97 Å². The Morgan fingerprint density at radius 1 is 1.36 bits per heavy atom. The van der Waals surface area contributed by atoms with E-state index >= 15 is 0 Å². The predicted octanol–water partition coefficient (Wildman–Crippen LogP) is 0.228. The van der Waals surface area contributed by atoms with Gasteiger partial charge < -0.3 is 14.6 Å². The van der Waals surface area contributed by atoms with Gasteiger partial charge in [-0.2, -0.15) is 0 Å². The minimum Gasteiger partial charge on any atom is -0.535 e. The van der Waals surface area contributed by atoms with Crippen molar-refractivity contribution in [2.75, 3.05) is 18.0 Å². The average Bonchev–Trinajstić information content (AvgIpc) is 2.23. The molecule has 1 radical (unpaired) electrons. The average molecular weight is 194 g/mol. The van der Waals surface area contributed by atoms with E-state index < -0.39 is 0 Å². The number of nitrogens with zero attached hydrogens (tertiary/aromatic N) is 3. The standard InChI is InChI=1S/C8H13BN3O2/c1-3-12(4-2)8-10-5-7(6-11-8)14-9-13/h5-6,13H,3-4H2,1-2H3. The molecule has 6 heteroatoms. The molecule has 5 nitrogen and oxygen atoms in total. The van der Waals surface area contributed by atoms with Gasteiger partial charge in [0.1, 0.15) is 5.75 Å². The molecule has 0 spiro atoms. The van der Waals surface area contributed by atoms with E-state index in [0.717, 1.165) is 13.1 Å². The Bertz CT molecular complexity index is 264. The summed E-state index contributed by atoms with van der Waals surface area (Å²) in [6.07, 6.45) is 3.04. The first kappa shape index (κ1) is 10.8. The number of hydrogen-bond donors (Lipinski definition) is 1. The van der Waals surface area contributed by atoms with E-state index in [4.69, 9.17) is 9.68 Å². The molecule has 0 aliphatic heterocycles. The lowest BCUT2D eigenvalue weighted by Gasteiger charge is -2.17. The van der Waals surface area contributed by atoms with Crippen molar-refractivity contribution in [2.45, 2.75) is 13.8 Å². The molecule has 0 amide bonds. The molecule has 0 aliphatic rings. The Hall–Kier alpha value is -1.30. The Morgan fingerprint density at radius 3 is 2.36 bits per heavy atom. The van der Waals surface area contributed by atoms with E-state index in [1.54, 1.807) is 0 Å². The summed E-state index contributed by atoms with van der Waals surface area (Å²) in [7, 11) is 0.607. The molecule has 0 saturated carbocycles. The summed E-state index contributed by atoms with van der Waals surface area (Å²) in [4.78, 5) is 10.2. The molecule has 14 heavy (non-hydrogen) atoms. The third-order valence-corrected chi connectivity index (χ3v) is 1.85. The molecule has 1 aromatic rings. The number of hydrogen-bond acceptors (Lipinski definition) is 5. The molecule has 0 saturated heterocycles. The fourth-order valence-electron chi connectivity index (χ4n) is 1.10. The first-order chi connectivity index (χ1) is 6.81. The van der Waals surface area contributed by atoms with Crippen molar-refractivity contribution in [3.8, 4) is 5.75 Å². The summed E-state index contributed by atoms with van der Waals surface area (Å²) in [5.74, 6) is 1.09. The molecule has 1 N–H and O–H groups in total. The van der Waals surface area contributed by atoms with Gasteiger partial charge in [-0.3, -0.25) is 0 Å². The lowest BCUT2D eigenvalue weighted by molar-refractivity contribution is 0.451. The minimum atomic E-state index is 0.420.